The zero-order valence-corrected chi connectivity index (χ0v) is 21.7. The van der Waals surface area contributed by atoms with Gasteiger partial charge in [0.25, 0.3) is 0 Å². The Balaban J connectivity index is 1.25. The molecule has 10 nitrogen and oxygen atoms in total. The maximum atomic E-state index is 16.4. The van der Waals surface area contributed by atoms with E-state index in [4.69, 9.17) is 9.72 Å². The average Bonchev–Trinajstić information content (AvgIpc) is 3.70. The van der Waals surface area contributed by atoms with Crippen molar-refractivity contribution < 1.29 is 9.13 Å². The number of imidazole rings is 1. The van der Waals surface area contributed by atoms with Crippen LogP contribution in [-0.2, 0) is 0 Å². The number of rotatable bonds is 5. The van der Waals surface area contributed by atoms with Crippen molar-refractivity contribution in [3.8, 4) is 17.3 Å². The highest BCUT2D eigenvalue weighted by Crippen LogP contribution is 2.40. The molecule has 11 heteroatoms. The Morgan fingerprint density at radius 3 is 2.67 bits per heavy atom. The van der Waals surface area contributed by atoms with E-state index in [2.05, 4.69) is 35.1 Å². The molecule has 3 N–H and O–H groups in total. The molecule has 4 aliphatic heterocycles. The lowest BCUT2D eigenvalue weighted by Gasteiger charge is -2.34. The first-order valence-electron chi connectivity index (χ1n) is 14.0. The summed E-state index contributed by atoms with van der Waals surface area (Å²) in [6, 6.07) is 6.29. The number of nitrogens with zero attached hydrogens (tertiary/aromatic N) is 5. The van der Waals surface area contributed by atoms with Gasteiger partial charge in [-0.2, -0.15) is 9.97 Å². The van der Waals surface area contributed by atoms with Crippen molar-refractivity contribution in [3.63, 3.8) is 0 Å². The molecule has 0 aliphatic carbocycles. The highest BCUT2D eigenvalue weighted by molar-refractivity contribution is 5.96. The largest absolute Gasteiger partial charge is 0.461 e. The molecule has 4 saturated heterocycles. The third-order valence-electron chi connectivity index (χ3n) is 9.25. The Bertz CT molecular complexity index is 1630. The zero-order valence-electron chi connectivity index (χ0n) is 21.7. The number of piperazine rings is 1. The Labute approximate surface area is 224 Å². The molecule has 4 fully saturated rings. The van der Waals surface area contributed by atoms with Gasteiger partial charge in [0.1, 0.15) is 23.6 Å². The minimum Gasteiger partial charge on any atom is -0.461 e. The predicted molar refractivity (Wildman–Crippen MR) is 146 cm³/mol. The monoisotopic (exact) mass is 530 g/mol. The van der Waals surface area contributed by atoms with E-state index in [1.807, 2.05) is 0 Å². The van der Waals surface area contributed by atoms with Crippen LogP contribution in [0.5, 0.6) is 6.01 Å². The van der Waals surface area contributed by atoms with Crippen LogP contribution in [-0.4, -0.2) is 80.2 Å². The van der Waals surface area contributed by atoms with Crippen LogP contribution in [0.15, 0.2) is 29.2 Å². The van der Waals surface area contributed by atoms with Crippen LogP contribution >= 0.6 is 0 Å². The Morgan fingerprint density at radius 1 is 1.08 bits per heavy atom. The van der Waals surface area contributed by atoms with Crippen LogP contribution in [0.3, 0.4) is 0 Å². The molecule has 4 aliphatic rings. The highest BCUT2D eigenvalue weighted by atomic mass is 19.1. The van der Waals surface area contributed by atoms with Gasteiger partial charge in [0.05, 0.1) is 22.0 Å². The summed E-state index contributed by atoms with van der Waals surface area (Å²) in [5.74, 6) is 0.127. The van der Waals surface area contributed by atoms with Gasteiger partial charge in [-0.3, -0.25) is 9.88 Å². The first-order valence-corrected chi connectivity index (χ1v) is 14.0. The summed E-state index contributed by atoms with van der Waals surface area (Å²) in [4.78, 5) is 36.3. The Morgan fingerprint density at radius 2 is 1.87 bits per heavy atom. The van der Waals surface area contributed by atoms with Crippen LogP contribution in [0.4, 0.5) is 10.2 Å². The minimum atomic E-state index is -0.546. The van der Waals surface area contributed by atoms with Gasteiger partial charge in [-0.15, -0.1) is 0 Å². The second kappa shape index (κ2) is 8.72. The molecule has 0 saturated carbocycles. The molecule has 39 heavy (non-hydrogen) atoms. The summed E-state index contributed by atoms with van der Waals surface area (Å²) in [6.07, 6.45) is 8.48. The summed E-state index contributed by atoms with van der Waals surface area (Å²) in [5, 5.41) is 4.23. The molecule has 1 aromatic carbocycles. The molecule has 0 spiro atoms. The van der Waals surface area contributed by atoms with Crippen molar-refractivity contribution in [1.29, 1.82) is 0 Å². The van der Waals surface area contributed by atoms with Gasteiger partial charge in [-0.1, -0.05) is 12.1 Å². The number of pyridine rings is 1. The fraction of sp³-hybridized carbons (Fsp3) is 0.500. The second-order valence-corrected chi connectivity index (χ2v) is 11.6. The van der Waals surface area contributed by atoms with Crippen LogP contribution in [0.25, 0.3) is 33.2 Å². The summed E-state index contributed by atoms with van der Waals surface area (Å²) in [6.45, 7) is 4.31. The van der Waals surface area contributed by atoms with E-state index >= 15 is 4.39 Å². The fourth-order valence-corrected chi connectivity index (χ4v) is 7.40. The van der Waals surface area contributed by atoms with Crippen molar-refractivity contribution in [2.45, 2.75) is 56.1 Å². The first-order chi connectivity index (χ1) is 19.1. The minimum absolute atomic E-state index is 0.0321. The third kappa shape index (κ3) is 3.74. The molecule has 2 atom stereocenters. The smallest absolute Gasteiger partial charge is 0.323 e. The number of hydrogen-bond donors (Lipinski definition) is 3. The van der Waals surface area contributed by atoms with Gasteiger partial charge >= 0.3 is 11.7 Å². The normalized spacial score (nSPS) is 24.2. The predicted octanol–water partition coefficient (Wildman–Crippen LogP) is 2.95. The second-order valence-electron chi connectivity index (χ2n) is 11.6. The van der Waals surface area contributed by atoms with Gasteiger partial charge in [0, 0.05) is 36.9 Å². The molecule has 4 aromatic rings. The van der Waals surface area contributed by atoms with E-state index in [1.165, 1.54) is 12.8 Å². The lowest BCUT2D eigenvalue weighted by Crippen LogP contribution is -2.51. The van der Waals surface area contributed by atoms with Gasteiger partial charge in [0.15, 0.2) is 5.82 Å². The lowest BCUT2D eigenvalue weighted by molar-refractivity contribution is 0.108. The molecule has 2 unspecified atom stereocenters. The SMILES string of the molecule is O=c1[nH]c2cccc(-c3ncc4c(N5CC6CCC(C5)N6)nc(OCC56CCCN5CCC6)nc4c3F)c2[nH]1. The first kappa shape index (κ1) is 23.3. The number of benzene rings is 1. The molecule has 7 heterocycles. The van der Waals surface area contributed by atoms with E-state index in [-0.39, 0.29) is 28.4 Å². The topological polar surface area (TPSA) is 115 Å². The van der Waals surface area contributed by atoms with E-state index in [0.29, 0.717) is 46.5 Å². The number of aromatic amines is 2. The lowest BCUT2D eigenvalue weighted by atomic mass is 9.95. The van der Waals surface area contributed by atoms with Crippen molar-refractivity contribution in [2.24, 2.45) is 0 Å². The fourth-order valence-electron chi connectivity index (χ4n) is 7.40. The molecular weight excluding hydrogens is 499 g/mol. The van der Waals surface area contributed by atoms with Crippen LogP contribution in [0, 0.1) is 5.82 Å². The molecule has 202 valence electrons. The van der Waals surface area contributed by atoms with Crippen molar-refractivity contribution >= 4 is 27.8 Å². The summed E-state index contributed by atoms with van der Waals surface area (Å²) < 4.78 is 22.7. The van der Waals surface area contributed by atoms with Gasteiger partial charge in [0.2, 0.25) is 0 Å². The van der Waals surface area contributed by atoms with Gasteiger partial charge in [-0.05, 0) is 57.7 Å². The van der Waals surface area contributed by atoms with E-state index < -0.39 is 5.82 Å². The maximum absolute atomic E-state index is 16.4. The van der Waals surface area contributed by atoms with E-state index in [0.717, 1.165) is 51.9 Å². The molecular formula is C28H31FN8O2. The van der Waals surface area contributed by atoms with Crippen molar-refractivity contribution in [1.82, 2.24) is 35.1 Å². The molecule has 8 rings (SSSR count). The maximum Gasteiger partial charge on any atom is 0.323 e. The van der Waals surface area contributed by atoms with Crippen LogP contribution < -0.4 is 20.6 Å². The zero-order chi connectivity index (χ0) is 26.1. The molecule has 0 amide bonds. The summed E-state index contributed by atoms with van der Waals surface area (Å²) >= 11 is 0. The van der Waals surface area contributed by atoms with E-state index in [9.17, 15) is 4.79 Å². The van der Waals surface area contributed by atoms with Crippen molar-refractivity contribution in [3.05, 3.63) is 40.7 Å². The number of fused-ring (bicyclic) bond motifs is 5. The van der Waals surface area contributed by atoms with Gasteiger partial charge < -0.3 is 24.9 Å². The number of nitrogens with one attached hydrogen (secondary N) is 3. The quantitative estimate of drug-likeness (QED) is 0.361. The highest BCUT2D eigenvalue weighted by Gasteiger charge is 2.45. The number of hydrogen-bond acceptors (Lipinski definition) is 8. The summed E-state index contributed by atoms with van der Waals surface area (Å²) in [7, 11) is 0. The average molecular weight is 531 g/mol. The van der Waals surface area contributed by atoms with Crippen molar-refractivity contribution in [2.75, 3.05) is 37.7 Å². The number of anilines is 1. The third-order valence-corrected chi connectivity index (χ3v) is 9.25. The number of para-hydroxylation sites is 1. The number of H-pyrrole nitrogens is 2. The standard InChI is InChI=1S/C28H31FN8O2/c29-21-23(18-4-1-5-20-22(18)33-26(38)32-20)30-12-19-24(21)34-27(39-15-28-8-2-10-37(28)11-3-9-28)35-25(19)36-13-16-6-7-17(14-36)31-16/h1,4-5,12,16-17,31H,2-3,6-11,13-15H2,(H2,32,33,38). The van der Waals surface area contributed by atoms with Crippen LogP contribution in [0.2, 0.25) is 0 Å². The Hall–Kier alpha value is -3.57. The molecule has 2 bridgehead atoms. The number of aromatic nitrogens is 5. The number of halogens is 1. The molecule has 3 aromatic heterocycles. The Kier molecular flexibility index (Phi) is 5.22. The molecule has 0 radical (unpaired) electrons. The number of ether oxygens (including phenoxy) is 1. The van der Waals surface area contributed by atoms with Crippen LogP contribution in [0.1, 0.15) is 38.5 Å². The van der Waals surface area contributed by atoms with E-state index in [1.54, 1.807) is 24.4 Å². The summed E-state index contributed by atoms with van der Waals surface area (Å²) in [5.41, 5.74) is 1.62. The van der Waals surface area contributed by atoms with Gasteiger partial charge in [-0.25, -0.2) is 9.18 Å².